The van der Waals surface area contributed by atoms with E-state index in [2.05, 4.69) is 42.0 Å². The fourth-order valence-electron chi connectivity index (χ4n) is 4.18. The van der Waals surface area contributed by atoms with E-state index in [1.165, 1.54) is 142 Å². The smallest absolute Gasteiger partial charge is 0.0945 e. The maximum Gasteiger partial charge on any atom is 0.0945 e. The number of halogens is 1. The molecule has 0 radical (unpaired) electrons. The van der Waals surface area contributed by atoms with Crippen molar-refractivity contribution in [3.63, 3.8) is 0 Å². The molecule has 0 bridgehead atoms. The topological polar surface area (TPSA) is 66.1 Å². The van der Waals surface area contributed by atoms with E-state index in [0.717, 1.165) is 0 Å². The maximum absolute atomic E-state index is 9.68. The molecule has 0 saturated heterocycles. The molecule has 7 heteroatoms. The molecule has 0 aliphatic heterocycles. The first-order valence-corrected chi connectivity index (χ1v) is 17.7. The average Bonchev–Trinajstić information content (AvgIpc) is 2.81. The lowest BCUT2D eigenvalue weighted by Gasteiger charge is -2.06. The van der Waals surface area contributed by atoms with Crippen LogP contribution in [0.5, 0.6) is 0 Å². The molecule has 0 aromatic rings. The fourth-order valence-corrected chi connectivity index (χ4v) is 4.68. The molecule has 0 saturated carbocycles. The Balaban J connectivity index is -0.000000240. The lowest BCUT2D eigenvalue weighted by atomic mass is 10.1. The lowest BCUT2D eigenvalue weighted by molar-refractivity contribution is -0.858. The van der Waals surface area contributed by atoms with Gasteiger partial charge in [0.05, 0.1) is 51.4 Å². The van der Waals surface area contributed by atoms with Crippen LogP contribution in [0.15, 0.2) is 0 Å². The molecule has 0 aliphatic rings. The van der Waals surface area contributed by atoms with E-state index in [-0.39, 0.29) is 18.2 Å². The molecule has 0 heterocycles. The zero-order valence-corrected chi connectivity index (χ0v) is 28.6. The molecule has 0 rings (SSSR count). The van der Waals surface area contributed by atoms with Crippen LogP contribution in [-0.4, -0.2) is 60.0 Å². The fraction of sp³-hybridized carbons (Fsp3) is 1.00. The Bertz CT molecular complexity index is 475. The van der Waals surface area contributed by atoms with Crippen LogP contribution >= 0.6 is 0 Å². The highest BCUT2D eigenvalue weighted by Gasteiger charge is 1.96. The minimum Gasteiger partial charge on any atom is -1.00 e. The first-order chi connectivity index (χ1) is 17.6. The molecule has 0 fully saturated rings. The highest BCUT2D eigenvalue weighted by molar-refractivity contribution is 7.85. The van der Waals surface area contributed by atoms with Crippen LogP contribution in [0.1, 0.15) is 156 Å². The SMILES string of the molecule is CCCCCCCCCCCC[NH+](C)C.CCCCCCCCCCCC[NH+](C)C.CCCS(=O)(=O)[O-].[Cl-]. The van der Waals surface area contributed by atoms with Crippen LogP contribution in [0.25, 0.3) is 0 Å². The van der Waals surface area contributed by atoms with Gasteiger partial charge in [0.2, 0.25) is 0 Å². The van der Waals surface area contributed by atoms with Crippen molar-refractivity contribution < 1.29 is 35.2 Å². The van der Waals surface area contributed by atoms with Gasteiger partial charge in [-0.25, -0.2) is 8.42 Å². The van der Waals surface area contributed by atoms with E-state index in [4.69, 9.17) is 0 Å². The van der Waals surface area contributed by atoms with E-state index in [9.17, 15) is 13.0 Å². The molecule has 2 N–H and O–H groups in total. The normalized spacial score (nSPS) is 11.0. The van der Waals surface area contributed by atoms with E-state index in [0.29, 0.717) is 6.42 Å². The van der Waals surface area contributed by atoms with Crippen LogP contribution in [0.3, 0.4) is 0 Å². The highest BCUT2D eigenvalue weighted by atomic mass is 35.5. The van der Waals surface area contributed by atoms with Crippen molar-refractivity contribution in [2.24, 2.45) is 0 Å². The van der Waals surface area contributed by atoms with Crippen LogP contribution < -0.4 is 22.2 Å². The summed E-state index contributed by atoms with van der Waals surface area (Å²) < 4.78 is 29.0. The van der Waals surface area contributed by atoms with E-state index < -0.39 is 10.1 Å². The monoisotopic (exact) mass is 586 g/mol. The molecule has 0 atom stereocenters. The molecule has 38 heavy (non-hydrogen) atoms. The molecule has 0 aromatic carbocycles. The van der Waals surface area contributed by atoms with Crippen LogP contribution in [-0.2, 0) is 10.1 Å². The summed E-state index contributed by atoms with van der Waals surface area (Å²) in [6.45, 7) is 8.90. The van der Waals surface area contributed by atoms with Crippen molar-refractivity contribution >= 4 is 10.1 Å². The number of unbranched alkanes of at least 4 members (excludes halogenated alkanes) is 18. The average molecular weight is 587 g/mol. The molecule has 0 unspecified atom stereocenters. The molecule has 236 valence electrons. The number of nitrogens with one attached hydrogen (secondary N) is 2. The summed E-state index contributed by atoms with van der Waals surface area (Å²) in [5, 5.41) is 0. The van der Waals surface area contributed by atoms with Gasteiger partial charge in [-0.1, -0.05) is 124 Å². The molecular weight excluding hydrogens is 516 g/mol. The molecule has 0 amide bonds. The van der Waals surface area contributed by atoms with Gasteiger partial charge >= 0.3 is 0 Å². The van der Waals surface area contributed by atoms with Crippen molar-refractivity contribution in [1.29, 1.82) is 0 Å². The first kappa shape index (κ1) is 45.1. The van der Waals surface area contributed by atoms with Crippen LogP contribution in [0.2, 0.25) is 0 Å². The third-order valence-corrected chi connectivity index (χ3v) is 7.42. The predicted octanol–water partition coefficient (Wildman–Crippen LogP) is 3.05. The Morgan fingerprint density at radius 3 is 0.842 bits per heavy atom. The van der Waals surface area contributed by atoms with Crippen molar-refractivity contribution in [2.75, 3.05) is 47.0 Å². The predicted molar refractivity (Wildman–Crippen MR) is 164 cm³/mol. The summed E-state index contributed by atoms with van der Waals surface area (Å²) >= 11 is 0. The molecule has 5 nitrogen and oxygen atoms in total. The zero-order valence-electron chi connectivity index (χ0n) is 27.0. The highest BCUT2D eigenvalue weighted by Crippen LogP contribution is 2.11. The Kier molecular flexibility index (Phi) is 44.1. The summed E-state index contributed by atoms with van der Waals surface area (Å²) in [5.41, 5.74) is 0. The quantitative estimate of drug-likeness (QED) is 0.135. The van der Waals surface area contributed by atoms with Crippen LogP contribution in [0, 0.1) is 0 Å². The largest absolute Gasteiger partial charge is 1.00 e. The van der Waals surface area contributed by atoms with E-state index in [1.807, 2.05) is 0 Å². The first-order valence-electron chi connectivity index (χ1n) is 16.1. The van der Waals surface area contributed by atoms with Crippen molar-refractivity contribution in [2.45, 2.75) is 156 Å². The van der Waals surface area contributed by atoms with E-state index in [1.54, 1.807) is 16.7 Å². The second kappa shape index (κ2) is 37.1. The van der Waals surface area contributed by atoms with Gasteiger partial charge in [-0.2, -0.15) is 0 Å². The summed E-state index contributed by atoms with van der Waals surface area (Å²) in [4.78, 5) is 3.18. The summed E-state index contributed by atoms with van der Waals surface area (Å²) in [6, 6.07) is 0. The number of quaternary nitrogens is 2. The standard InChI is InChI=1S/2C14H31N.C3H8O3S.ClH/c2*1-4-5-6-7-8-9-10-11-12-13-14-15(2)3;1-2-3-7(4,5)6;/h2*4-14H2,1-3H3;2-3H2,1H3,(H,4,5,6);1H. The van der Waals surface area contributed by atoms with Gasteiger partial charge in [-0.05, 0) is 32.1 Å². The minimum absolute atomic E-state index is 0. The third kappa shape index (κ3) is 56.3. The summed E-state index contributed by atoms with van der Waals surface area (Å²) in [7, 11) is 5.05. The van der Waals surface area contributed by atoms with Crippen molar-refractivity contribution in [1.82, 2.24) is 0 Å². The number of hydrogen-bond donors (Lipinski definition) is 2. The van der Waals surface area contributed by atoms with Gasteiger partial charge < -0.3 is 26.8 Å². The summed E-state index contributed by atoms with van der Waals surface area (Å²) in [5.74, 6) is -0.243. The second-order valence-electron chi connectivity index (χ2n) is 11.5. The van der Waals surface area contributed by atoms with Gasteiger partial charge in [-0.15, -0.1) is 0 Å². The minimum atomic E-state index is -3.92. The number of rotatable bonds is 24. The molecular formula is C31H71ClN2O3S. The number of hydrogen-bond acceptors (Lipinski definition) is 3. The van der Waals surface area contributed by atoms with Crippen LogP contribution in [0.4, 0.5) is 0 Å². The lowest BCUT2D eigenvalue weighted by Crippen LogP contribution is -3.05. The van der Waals surface area contributed by atoms with Gasteiger partial charge in [0.25, 0.3) is 0 Å². The van der Waals surface area contributed by atoms with Crippen molar-refractivity contribution in [3.8, 4) is 0 Å². The van der Waals surface area contributed by atoms with Gasteiger partial charge in [-0.3, -0.25) is 0 Å². The second-order valence-corrected chi connectivity index (χ2v) is 13.1. The van der Waals surface area contributed by atoms with Crippen molar-refractivity contribution in [3.05, 3.63) is 0 Å². The zero-order chi connectivity index (χ0) is 28.6. The van der Waals surface area contributed by atoms with E-state index >= 15 is 0 Å². The maximum atomic E-state index is 9.68. The third-order valence-electron chi connectivity index (χ3n) is 6.51. The van der Waals surface area contributed by atoms with Gasteiger partial charge in [0.15, 0.2) is 0 Å². The molecule has 0 spiro atoms. The Morgan fingerprint density at radius 1 is 0.447 bits per heavy atom. The van der Waals surface area contributed by atoms with Gasteiger partial charge in [0.1, 0.15) is 0 Å². The Labute approximate surface area is 247 Å². The Morgan fingerprint density at radius 2 is 0.684 bits per heavy atom. The molecule has 0 aliphatic carbocycles. The molecule has 0 aromatic heterocycles. The van der Waals surface area contributed by atoms with Gasteiger partial charge in [0, 0.05) is 5.75 Å². The summed E-state index contributed by atoms with van der Waals surface area (Å²) in [6.07, 6.45) is 29.3. The Hall–Kier alpha value is 0.120.